The third-order valence-electron chi connectivity index (χ3n) is 3.05. The Labute approximate surface area is 81.9 Å². The number of Topliss-reactive ketones (excluding diaryl/α,β-unsaturated/α-hetero) is 1. The van der Waals surface area contributed by atoms with Crippen LogP contribution < -0.4 is 0 Å². The normalized spacial score (nSPS) is 23.5. The van der Waals surface area contributed by atoms with E-state index in [-0.39, 0.29) is 0 Å². The van der Waals surface area contributed by atoms with E-state index in [9.17, 15) is 4.79 Å². The first kappa shape index (κ1) is 10.7. The van der Waals surface area contributed by atoms with Gasteiger partial charge >= 0.3 is 0 Å². The fourth-order valence-electron chi connectivity index (χ4n) is 2.22. The van der Waals surface area contributed by atoms with Crippen LogP contribution >= 0.6 is 0 Å². The third-order valence-corrected chi connectivity index (χ3v) is 3.05. The van der Waals surface area contributed by atoms with Crippen LogP contribution in [0.3, 0.4) is 0 Å². The van der Waals surface area contributed by atoms with E-state index in [0.717, 1.165) is 25.2 Å². The molecule has 0 spiro atoms. The van der Waals surface area contributed by atoms with Crippen LogP contribution in [0.4, 0.5) is 0 Å². The van der Waals surface area contributed by atoms with Crippen molar-refractivity contribution in [2.75, 3.05) is 0 Å². The highest BCUT2D eigenvalue weighted by Crippen LogP contribution is 2.26. The zero-order chi connectivity index (χ0) is 9.52. The van der Waals surface area contributed by atoms with Gasteiger partial charge in [0.05, 0.1) is 0 Å². The number of hydrogen-bond acceptors (Lipinski definition) is 1. The lowest BCUT2D eigenvalue weighted by atomic mass is 9.85. The van der Waals surface area contributed by atoms with Crippen molar-refractivity contribution in [1.29, 1.82) is 0 Å². The Bertz CT molecular complexity index is 151. The first-order chi connectivity index (χ1) is 6.33. The van der Waals surface area contributed by atoms with E-state index < -0.39 is 0 Å². The summed E-state index contributed by atoms with van der Waals surface area (Å²) in [6, 6.07) is 0. The molecule has 1 aliphatic rings. The van der Waals surface area contributed by atoms with Crippen LogP contribution in [0.5, 0.6) is 0 Å². The first-order valence-corrected chi connectivity index (χ1v) is 5.84. The zero-order valence-electron chi connectivity index (χ0n) is 8.85. The van der Waals surface area contributed by atoms with E-state index in [2.05, 4.69) is 6.92 Å². The molecule has 1 aliphatic carbocycles. The van der Waals surface area contributed by atoms with Gasteiger partial charge in [-0.3, -0.25) is 4.79 Å². The fourth-order valence-corrected chi connectivity index (χ4v) is 2.22. The van der Waals surface area contributed by atoms with Gasteiger partial charge < -0.3 is 0 Å². The van der Waals surface area contributed by atoms with Gasteiger partial charge in [-0.15, -0.1) is 0 Å². The molecule has 76 valence electrons. The number of carbonyl (C=O) groups excluding carboxylic acids is 1. The Morgan fingerprint density at radius 3 is 2.85 bits per heavy atom. The first-order valence-electron chi connectivity index (χ1n) is 5.84. The Kier molecular flexibility index (Phi) is 5.10. The smallest absolute Gasteiger partial charge is 0.133 e. The summed E-state index contributed by atoms with van der Waals surface area (Å²) >= 11 is 0. The number of ketones is 1. The summed E-state index contributed by atoms with van der Waals surface area (Å²) < 4.78 is 0. The maximum atomic E-state index is 11.2. The van der Waals surface area contributed by atoms with E-state index in [1.54, 1.807) is 0 Å². The highest BCUT2D eigenvalue weighted by atomic mass is 16.1. The minimum Gasteiger partial charge on any atom is -0.300 e. The van der Waals surface area contributed by atoms with Crippen LogP contribution in [-0.4, -0.2) is 5.78 Å². The molecule has 0 aromatic carbocycles. The van der Waals surface area contributed by atoms with Crippen LogP contribution in [0.15, 0.2) is 0 Å². The highest BCUT2D eigenvalue weighted by molar-refractivity contribution is 5.79. The highest BCUT2D eigenvalue weighted by Gasteiger charge is 2.18. The van der Waals surface area contributed by atoms with Gasteiger partial charge in [-0.2, -0.15) is 0 Å². The molecule has 0 N–H and O–H groups in total. The van der Waals surface area contributed by atoms with E-state index >= 15 is 0 Å². The van der Waals surface area contributed by atoms with Crippen LogP contribution in [0.1, 0.15) is 64.7 Å². The summed E-state index contributed by atoms with van der Waals surface area (Å²) in [5.74, 6) is 1.24. The molecule has 1 rings (SSSR count). The van der Waals surface area contributed by atoms with E-state index in [1.807, 2.05) is 0 Å². The lowest BCUT2D eigenvalue weighted by Gasteiger charge is -2.20. The van der Waals surface area contributed by atoms with Crippen molar-refractivity contribution >= 4 is 5.78 Å². The molecule has 0 aromatic rings. The maximum absolute atomic E-state index is 11.2. The molecular weight excluding hydrogens is 160 g/mol. The molecule has 1 saturated carbocycles. The maximum Gasteiger partial charge on any atom is 0.133 e. The van der Waals surface area contributed by atoms with Crippen molar-refractivity contribution in [3.8, 4) is 0 Å². The second-order valence-corrected chi connectivity index (χ2v) is 4.35. The Morgan fingerprint density at radius 1 is 1.31 bits per heavy atom. The second kappa shape index (κ2) is 6.17. The van der Waals surface area contributed by atoms with Crippen LogP contribution in [-0.2, 0) is 4.79 Å². The second-order valence-electron chi connectivity index (χ2n) is 4.35. The predicted octanol–water partition coefficient (Wildman–Crippen LogP) is 3.72. The standard InChI is InChI=1S/C12H22O/c1-2-3-4-5-7-11-8-6-9-12(13)10-11/h11H,2-10H2,1H3/t11-/m1/s1. The lowest BCUT2D eigenvalue weighted by Crippen LogP contribution is -2.14. The van der Waals surface area contributed by atoms with Crippen LogP contribution in [0.25, 0.3) is 0 Å². The molecule has 0 aromatic heterocycles. The van der Waals surface area contributed by atoms with Gasteiger partial charge in [-0.05, 0) is 18.8 Å². The monoisotopic (exact) mass is 182 g/mol. The molecule has 0 saturated heterocycles. The molecule has 0 heterocycles. The predicted molar refractivity (Wildman–Crippen MR) is 55.7 cm³/mol. The van der Waals surface area contributed by atoms with Gasteiger partial charge in [0.1, 0.15) is 5.78 Å². The average Bonchev–Trinajstić information content (AvgIpc) is 2.13. The number of carbonyl (C=O) groups is 1. The number of hydrogen-bond donors (Lipinski definition) is 0. The third kappa shape index (κ3) is 4.44. The lowest BCUT2D eigenvalue weighted by molar-refractivity contribution is -0.121. The van der Waals surface area contributed by atoms with Crippen LogP contribution in [0.2, 0.25) is 0 Å². The minimum absolute atomic E-state index is 0.506. The van der Waals surface area contributed by atoms with Gasteiger partial charge in [0.25, 0.3) is 0 Å². The average molecular weight is 182 g/mol. The van der Waals surface area contributed by atoms with E-state index in [4.69, 9.17) is 0 Å². The van der Waals surface area contributed by atoms with Gasteiger partial charge in [-0.25, -0.2) is 0 Å². The van der Waals surface area contributed by atoms with Crippen molar-refractivity contribution < 1.29 is 4.79 Å². The molecule has 0 aliphatic heterocycles. The van der Waals surface area contributed by atoms with E-state index in [1.165, 1.54) is 38.5 Å². The SMILES string of the molecule is CCCCCC[C@@H]1CCCC(=O)C1. The summed E-state index contributed by atoms with van der Waals surface area (Å²) in [5.41, 5.74) is 0. The zero-order valence-corrected chi connectivity index (χ0v) is 8.85. The summed E-state index contributed by atoms with van der Waals surface area (Å²) in [6.45, 7) is 2.24. The molecule has 0 amide bonds. The quantitative estimate of drug-likeness (QED) is 0.592. The van der Waals surface area contributed by atoms with Crippen molar-refractivity contribution in [2.45, 2.75) is 64.7 Å². The van der Waals surface area contributed by atoms with Crippen molar-refractivity contribution in [3.05, 3.63) is 0 Å². The van der Waals surface area contributed by atoms with Gasteiger partial charge in [0.2, 0.25) is 0 Å². The molecule has 0 bridgehead atoms. The Hall–Kier alpha value is -0.330. The molecular formula is C12H22O. The Morgan fingerprint density at radius 2 is 2.15 bits per heavy atom. The Balaban J connectivity index is 2.03. The summed E-state index contributed by atoms with van der Waals surface area (Å²) in [7, 11) is 0. The van der Waals surface area contributed by atoms with Crippen molar-refractivity contribution in [2.24, 2.45) is 5.92 Å². The largest absolute Gasteiger partial charge is 0.300 e. The van der Waals surface area contributed by atoms with Gasteiger partial charge in [-0.1, -0.05) is 39.0 Å². The van der Waals surface area contributed by atoms with Crippen molar-refractivity contribution in [3.63, 3.8) is 0 Å². The summed E-state index contributed by atoms with van der Waals surface area (Å²) in [6.07, 6.45) is 10.9. The molecule has 1 atom stereocenters. The van der Waals surface area contributed by atoms with Crippen LogP contribution in [0, 0.1) is 5.92 Å². The fraction of sp³-hybridized carbons (Fsp3) is 0.917. The topological polar surface area (TPSA) is 17.1 Å². The molecule has 1 heteroatoms. The summed E-state index contributed by atoms with van der Waals surface area (Å²) in [4.78, 5) is 11.2. The molecule has 0 radical (unpaired) electrons. The number of rotatable bonds is 5. The molecule has 13 heavy (non-hydrogen) atoms. The van der Waals surface area contributed by atoms with E-state index in [0.29, 0.717) is 5.78 Å². The molecule has 0 unspecified atom stereocenters. The molecule has 1 fully saturated rings. The minimum atomic E-state index is 0.506. The van der Waals surface area contributed by atoms with Crippen molar-refractivity contribution in [1.82, 2.24) is 0 Å². The van der Waals surface area contributed by atoms with Gasteiger partial charge in [0.15, 0.2) is 0 Å². The van der Waals surface area contributed by atoms with Gasteiger partial charge in [0, 0.05) is 12.8 Å². The number of unbranched alkanes of at least 4 members (excludes halogenated alkanes) is 3. The summed E-state index contributed by atoms with van der Waals surface area (Å²) in [5, 5.41) is 0. The molecule has 1 nitrogen and oxygen atoms in total.